The van der Waals surface area contributed by atoms with Gasteiger partial charge in [-0.15, -0.1) is 0 Å². The van der Waals surface area contributed by atoms with Crippen molar-refractivity contribution in [2.24, 2.45) is 17.8 Å². The third-order valence-corrected chi connectivity index (χ3v) is 8.44. The van der Waals surface area contributed by atoms with Crippen LogP contribution in [0.5, 0.6) is 0 Å². The Labute approximate surface area is 222 Å². The number of unbranched alkanes of at least 4 members (excludes halogenated alkanes) is 1. The van der Waals surface area contributed by atoms with Crippen molar-refractivity contribution in [3.05, 3.63) is 95.2 Å². The van der Waals surface area contributed by atoms with Gasteiger partial charge < -0.3 is 9.47 Å². The number of hydrogen-bond donors (Lipinski definition) is 1. The molecule has 0 radical (unpaired) electrons. The molecule has 4 heteroatoms. The summed E-state index contributed by atoms with van der Waals surface area (Å²) in [7, 11) is 0. The van der Waals surface area contributed by atoms with Crippen LogP contribution in [0.15, 0.2) is 78.5 Å². The Morgan fingerprint density at radius 3 is 2.70 bits per heavy atom. The maximum atomic E-state index is 12.3. The molecule has 0 saturated heterocycles. The number of benzene rings is 2. The van der Waals surface area contributed by atoms with E-state index >= 15 is 0 Å². The van der Waals surface area contributed by atoms with E-state index in [0.29, 0.717) is 5.92 Å². The second-order valence-electron chi connectivity index (χ2n) is 11.0. The first kappa shape index (κ1) is 25.8. The van der Waals surface area contributed by atoms with Crippen molar-refractivity contribution in [1.82, 2.24) is 5.32 Å². The average molecular weight is 500 g/mol. The number of carbonyl (C=O) groups is 1. The summed E-state index contributed by atoms with van der Waals surface area (Å²) in [5.41, 5.74) is 4.59. The summed E-state index contributed by atoms with van der Waals surface area (Å²) in [6.07, 6.45) is 17.2. The van der Waals surface area contributed by atoms with Crippen molar-refractivity contribution in [2.75, 3.05) is 0 Å². The van der Waals surface area contributed by atoms with Crippen molar-refractivity contribution in [3.63, 3.8) is 0 Å². The second-order valence-corrected chi connectivity index (χ2v) is 11.0. The maximum absolute atomic E-state index is 12.3. The fraction of sp³-hybridized carbons (Fsp3) is 0.485. The molecule has 1 fully saturated rings. The second kappa shape index (κ2) is 12.6. The quantitative estimate of drug-likeness (QED) is 0.380. The molecule has 5 atom stereocenters. The van der Waals surface area contributed by atoms with Crippen molar-refractivity contribution in [1.29, 1.82) is 0 Å². The van der Waals surface area contributed by atoms with Gasteiger partial charge in [-0.1, -0.05) is 112 Å². The minimum atomic E-state index is -0.432. The molecule has 0 aromatic heterocycles. The van der Waals surface area contributed by atoms with E-state index in [0.717, 1.165) is 35.9 Å². The van der Waals surface area contributed by atoms with E-state index in [9.17, 15) is 4.79 Å². The van der Waals surface area contributed by atoms with Gasteiger partial charge in [-0.3, -0.25) is 5.32 Å². The lowest BCUT2D eigenvalue weighted by Crippen LogP contribution is -2.29. The van der Waals surface area contributed by atoms with E-state index < -0.39 is 6.09 Å². The number of nitrogens with one attached hydrogen (secondary N) is 1. The smallest absolute Gasteiger partial charge is 0.411 e. The summed E-state index contributed by atoms with van der Waals surface area (Å²) in [4.78, 5) is 12.3. The van der Waals surface area contributed by atoms with Crippen LogP contribution >= 0.6 is 0 Å². The molecule has 1 N–H and O–H groups in total. The summed E-state index contributed by atoms with van der Waals surface area (Å²) in [6.45, 7) is 2.57. The van der Waals surface area contributed by atoms with E-state index in [1.807, 2.05) is 42.5 Å². The van der Waals surface area contributed by atoms with Crippen LogP contribution in [0.25, 0.3) is 0 Å². The highest BCUT2D eigenvalue weighted by atomic mass is 16.5. The van der Waals surface area contributed by atoms with Gasteiger partial charge in [-0.2, -0.15) is 0 Å². The molecule has 3 aliphatic carbocycles. The summed E-state index contributed by atoms with van der Waals surface area (Å²) in [6, 6.07) is 18.6. The fourth-order valence-corrected chi connectivity index (χ4v) is 6.51. The molecule has 2 aromatic rings. The number of alkyl carbamates (subject to hydrolysis) is 1. The zero-order chi connectivity index (χ0) is 25.5. The molecule has 196 valence electrons. The Kier molecular flexibility index (Phi) is 8.78. The van der Waals surface area contributed by atoms with Gasteiger partial charge >= 0.3 is 6.09 Å². The molecule has 0 spiro atoms. The van der Waals surface area contributed by atoms with Crippen LogP contribution < -0.4 is 5.32 Å². The number of ether oxygens (including phenoxy) is 2. The Bertz CT molecular complexity index is 1090. The number of hydrogen-bond acceptors (Lipinski definition) is 3. The maximum Gasteiger partial charge on any atom is 0.411 e. The Balaban J connectivity index is 1.17. The molecule has 0 bridgehead atoms. The molecule has 37 heavy (non-hydrogen) atoms. The van der Waals surface area contributed by atoms with E-state index in [1.54, 1.807) is 0 Å². The number of rotatable bonds is 9. The van der Waals surface area contributed by atoms with Crippen LogP contribution in [-0.2, 0) is 22.5 Å². The molecule has 4 nitrogen and oxygen atoms in total. The van der Waals surface area contributed by atoms with E-state index in [-0.39, 0.29) is 18.8 Å². The van der Waals surface area contributed by atoms with Crippen LogP contribution in [0.4, 0.5) is 4.79 Å². The van der Waals surface area contributed by atoms with Crippen molar-refractivity contribution in [3.8, 4) is 0 Å². The molecule has 1 saturated carbocycles. The number of allylic oxidation sites excluding steroid dienone is 1. The Morgan fingerprint density at radius 1 is 1.05 bits per heavy atom. The lowest BCUT2D eigenvalue weighted by molar-refractivity contribution is -0.0385. The minimum absolute atomic E-state index is 0.0176. The molecule has 0 aliphatic heterocycles. The summed E-state index contributed by atoms with van der Waals surface area (Å²) in [5.74, 6) is 2.19. The van der Waals surface area contributed by atoms with Gasteiger partial charge in [0, 0.05) is 5.70 Å². The van der Waals surface area contributed by atoms with Crippen LogP contribution in [0, 0.1) is 17.8 Å². The number of carbonyl (C=O) groups excluding carboxylic acids is 1. The molecule has 5 unspecified atom stereocenters. The third kappa shape index (κ3) is 6.73. The highest BCUT2D eigenvalue weighted by Crippen LogP contribution is 2.49. The van der Waals surface area contributed by atoms with E-state index in [1.165, 1.54) is 56.1 Å². The third-order valence-electron chi connectivity index (χ3n) is 8.44. The van der Waals surface area contributed by atoms with Gasteiger partial charge in [0.05, 0.1) is 12.2 Å². The van der Waals surface area contributed by atoms with Gasteiger partial charge in [0.15, 0.2) is 0 Å². The average Bonchev–Trinajstić information content (AvgIpc) is 3.31. The molecule has 5 rings (SSSR count). The molecular weight excluding hydrogens is 458 g/mol. The van der Waals surface area contributed by atoms with Crippen molar-refractivity contribution in [2.45, 2.75) is 83.5 Å². The Hall–Kier alpha value is -2.85. The predicted molar refractivity (Wildman–Crippen MR) is 148 cm³/mol. The predicted octanol–water partition coefficient (Wildman–Crippen LogP) is 8.05. The standard InChI is InChI=1S/C33H41NO3/c1-2-3-10-24-13-9-15-26(21-24)31-22-27-14-7-8-16-30(27)32(31)37-29-19-17-28(18-20-29)34-33(35)36-23-25-11-5-4-6-12-25/h4-8,11-12,14,16-19,24,26,29,31-32H,2-3,9-10,13,15,20-23H2,1H3,(H,34,35). The van der Waals surface area contributed by atoms with Gasteiger partial charge in [-0.25, -0.2) is 4.79 Å². The lowest BCUT2D eigenvalue weighted by atomic mass is 9.72. The monoisotopic (exact) mass is 499 g/mol. The van der Waals surface area contributed by atoms with Crippen LogP contribution in [-0.4, -0.2) is 12.2 Å². The van der Waals surface area contributed by atoms with Crippen LogP contribution in [0.1, 0.15) is 81.1 Å². The molecule has 2 aromatic carbocycles. The number of amides is 1. The molecule has 1 amide bonds. The van der Waals surface area contributed by atoms with Gasteiger partial charge in [0.2, 0.25) is 0 Å². The SMILES string of the molecule is CCCCC1CCCC(C2Cc3ccccc3C2OC2C=CC(NC(=O)OCc3ccccc3)=CC2)C1. The largest absolute Gasteiger partial charge is 0.444 e. The van der Waals surface area contributed by atoms with Crippen LogP contribution in [0.2, 0.25) is 0 Å². The lowest BCUT2D eigenvalue weighted by Gasteiger charge is -2.37. The molecule has 0 heterocycles. The van der Waals surface area contributed by atoms with Crippen LogP contribution in [0.3, 0.4) is 0 Å². The van der Waals surface area contributed by atoms with E-state index in [4.69, 9.17) is 9.47 Å². The summed E-state index contributed by atoms with van der Waals surface area (Å²) < 4.78 is 12.2. The summed E-state index contributed by atoms with van der Waals surface area (Å²) in [5, 5.41) is 2.86. The normalized spacial score (nSPS) is 26.8. The first-order valence-corrected chi connectivity index (χ1v) is 14.3. The molecule has 3 aliphatic rings. The number of fused-ring (bicyclic) bond motifs is 1. The minimum Gasteiger partial charge on any atom is -0.444 e. The highest BCUT2D eigenvalue weighted by molar-refractivity contribution is 5.70. The van der Waals surface area contributed by atoms with Crippen molar-refractivity contribution < 1.29 is 14.3 Å². The first-order chi connectivity index (χ1) is 18.2. The molecular formula is C33H41NO3. The van der Waals surface area contributed by atoms with Gasteiger partial charge in [-0.05, 0) is 59.8 Å². The Morgan fingerprint density at radius 2 is 1.89 bits per heavy atom. The summed E-state index contributed by atoms with van der Waals surface area (Å²) >= 11 is 0. The first-order valence-electron chi connectivity index (χ1n) is 14.3. The zero-order valence-electron chi connectivity index (χ0n) is 22.1. The van der Waals surface area contributed by atoms with Gasteiger partial charge in [0.25, 0.3) is 0 Å². The zero-order valence-corrected chi connectivity index (χ0v) is 22.1. The van der Waals surface area contributed by atoms with Crippen molar-refractivity contribution >= 4 is 6.09 Å². The topological polar surface area (TPSA) is 47.6 Å². The van der Waals surface area contributed by atoms with Gasteiger partial charge in [0.1, 0.15) is 6.61 Å². The highest BCUT2D eigenvalue weighted by Gasteiger charge is 2.40. The fourth-order valence-electron chi connectivity index (χ4n) is 6.51. The van der Waals surface area contributed by atoms with E-state index in [2.05, 4.69) is 42.6 Å².